The fraction of sp³-hybridized carbons (Fsp3) is 0.583. The molecule has 1 heterocycles. The number of hydrogen-bond donors (Lipinski definition) is 1. The quantitative estimate of drug-likeness (QED) is 0.840. The number of carbonyl (C=O) groups is 1. The normalized spacial score (nSPS) is 10.7. The topological polar surface area (TPSA) is 66.3 Å². The Morgan fingerprint density at radius 3 is 2.67 bits per heavy atom. The lowest BCUT2D eigenvalue weighted by Gasteiger charge is -2.27. The molecule has 1 aromatic heterocycles. The van der Waals surface area contributed by atoms with E-state index in [1.54, 1.807) is 4.90 Å². The Morgan fingerprint density at radius 1 is 1.50 bits per heavy atom. The third-order valence-electron chi connectivity index (χ3n) is 2.64. The van der Waals surface area contributed by atoms with Gasteiger partial charge in [0.05, 0.1) is 12.1 Å². The fourth-order valence-electron chi connectivity index (χ4n) is 1.67. The molecule has 1 rings (SSSR count). The zero-order valence-electron chi connectivity index (χ0n) is 10.9. The van der Waals surface area contributed by atoms with Crippen LogP contribution in [0.4, 0.5) is 10.2 Å². The van der Waals surface area contributed by atoms with Crippen molar-refractivity contribution in [3.8, 4) is 0 Å². The number of rotatable bonds is 6. The summed E-state index contributed by atoms with van der Waals surface area (Å²) in [5, 5.41) is 8.71. The molecule has 0 aliphatic rings. The van der Waals surface area contributed by atoms with Crippen molar-refractivity contribution in [1.29, 1.82) is 0 Å². The minimum atomic E-state index is -0.911. The van der Waals surface area contributed by atoms with Crippen LogP contribution < -0.4 is 4.90 Å². The summed E-state index contributed by atoms with van der Waals surface area (Å²) in [5.41, 5.74) is 0.348. The van der Waals surface area contributed by atoms with E-state index >= 15 is 0 Å². The van der Waals surface area contributed by atoms with Crippen LogP contribution in [0.3, 0.4) is 0 Å². The monoisotopic (exact) mass is 255 g/mol. The number of hydrogen-bond acceptors (Lipinski definition) is 4. The van der Waals surface area contributed by atoms with E-state index in [1.165, 1.54) is 6.33 Å². The molecule has 0 amide bonds. The van der Waals surface area contributed by atoms with Crippen LogP contribution in [0, 0.1) is 5.82 Å². The van der Waals surface area contributed by atoms with Gasteiger partial charge in [-0.3, -0.25) is 4.79 Å². The molecular formula is C12H18FN3O2. The SMILES string of the molecule is CCc1ncnc(N(CCC(=O)O)C(C)C)c1F. The molecule has 0 fully saturated rings. The number of aromatic nitrogens is 2. The molecule has 0 spiro atoms. The summed E-state index contributed by atoms with van der Waals surface area (Å²) in [7, 11) is 0. The molecule has 0 unspecified atom stereocenters. The van der Waals surface area contributed by atoms with Crippen LogP contribution in [0.15, 0.2) is 6.33 Å². The number of carboxylic acid groups (broad SMARTS) is 1. The predicted octanol–water partition coefficient (Wildman–Crippen LogP) is 1.87. The van der Waals surface area contributed by atoms with E-state index in [0.29, 0.717) is 12.1 Å². The van der Waals surface area contributed by atoms with Gasteiger partial charge in [0, 0.05) is 12.6 Å². The van der Waals surface area contributed by atoms with Crippen molar-refractivity contribution in [2.24, 2.45) is 0 Å². The highest BCUT2D eigenvalue weighted by Crippen LogP contribution is 2.20. The Kier molecular flexibility index (Phi) is 5.00. The highest BCUT2D eigenvalue weighted by atomic mass is 19.1. The molecule has 0 bridgehead atoms. The van der Waals surface area contributed by atoms with Crippen LogP contribution in [0.25, 0.3) is 0 Å². The molecule has 0 aliphatic carbocycles. The molecule has 5 nitrogen and oxygen atoms in total. The molecule has 0 radical (unpaired) electrons. The molecular weight excluding hydrogens is 237 g/mol. The van der Waals surface area contributed by atoms with E-state index in [0.717, 1.165) is 0 Å². The molecule has 0 aliphatic heterocycles. The van der Waals surface area contributed by atoms with E-state index in [1.807, 2.05) is 20.8 Å². The zero-order chi connectivity index (χ0) is 13.7. The summed E-state index contributed by atoms with van der Waals surface area (Å²) in [6, 6.07) is -0.0292. The largest absolute Gasteiger partial charge is 0.481 e. The van der Waals surface area contributed by atoms with Crippen LogP contribution in [0.2, 0.25) is 0 Å². The lowest BCUT2D eigenvalue weighted by molar-refractivity contribution is -0.136. The third kappa shape index (κ3) is 3.38. The third-order valence-corrected chi connectivity index (χ3v) is 2.64. The van der Waals surface area contributed by atoms with Gasteiger partial charge in [-0.1, -0.05) is 6.92 Å². The second-order valence-electron chi connectivity index (χ2n) is 4.24. The standard InChI is InChI=1S/C12H18FN3O2/c1-4-9-11(13)12(15-7-14-9)16(8(2)3)6-5-10(17)18/h7-8H,4-6H2,1-3H3,(H,17,18). The minimum Gasteiger partial charge on any atom is -0.481 e. The van der Waals surface area contributed by atoms with Crippen LogP contribution >= 0.6 is 0 Å². The maximum absolute atomic E-state index is 14.1. The summed E-state index contributed by atoms with van der Waals surface area (Å²) in [6.07, 6.45) is 1.74. The Morgan fingerprint density at radius 2 is 2.17 bits per heavy atom. The molecule has 6 heteroatoms. The van der Waals surface area contributed by atoms with Gasteiger partial charge in [0.2, 0.25) is 0 Å². The fourth-order valence-corrected chi connectivity index (χ4v) is 1.67. The number of aliphatic carboxylic acids is 1. The van der Waals surface area contributed by atoms with Crippen LogP contribution in [0.5, 0.6) is 0 Å². The minimum absolute atomic E-state index is 0.0292. The first kappa shape index (κ1) is 14.3. The van der Waals surface area contributed by atoms with Gasteiger partial charge in [-0.2, -0.15) is 0 Å². The van der Waals surface area contributed by atoms with Crippen molar-refractivity contribution in [2.75, 3.05) is 11.4 Å². The van der Waals surface area contributed by atoms with Crippen molar-refractivity contribution in [3.63, 3.8) is 0 Å². The number of aryl methyl sites for hydroxylation is 1. The summed E-state index contributed by atoms with van der Waals surface area (Å²) in [5.74, 6) is -1.19. The van der Waals surface area contributed by atoms with E-state index in [-0.39, 0.29) is 24.8 Å². The van der Waals surface area contributed by atoms with E-state index in [9.17, 15) is 9.18 Å². The van der Waals surface area contributed by atoms with Crippen molar-refractivity contribution >= 4 is 11.8 Å². The van der Waals surface area contributed by atoms with E-state index in [4.69, 9.17) is 5.11 Å². The lowest BCUT2D eigenvalue weighted by atomic mass is 10.2. The predicted molar refractivity (Wildman–Crippen MR) is 66.1 cm³/mol. The van der Waals surface area contributed by atoms with E-state index < -0.39 is 11.8 Å². The maximum atomic E-state index is 14.1. The first-order valence-electron chi connectivity index (χ1n) is 5.95. The first-order valence-corrected chi connectivity index (χ1v) is 5.95. The van der Waals surface area contributed by atoms with Crippen molar-refractivity contribution in [2.45, 2.75) is 39.7 Å². The highest BCUT2D eigenvalue weighted by Gasteiger charge is 2.19. The van der Waals surface area contributed by atoms with Gasteiger partial charge in [0.1, 0.15) is 6.33 Å². The first-order chi connectivity index (χ1) is 8.47. The molecule has 0 atom stereocenters. The van der Waals surface area contributed by atoms with Crippen LogP contribution in [0.1, 0.15) is 32.9 Å². The smallest absolute Gasteiger partial charge is 0.305 e. The van der Waals surface area contributed by atoms with Gasteiger partial charge in [0.25, 0.3) is 0 Å². The Bertz CT molecular complexity index is 424. The van der Waals surface area contributed by atoms with Gasteiger partial charge >= 0.3 is 5.97 Å². The van der Waals surface area contributed by atoms with Gasteiger partial charge in [0.15, 0.2) is 11.6 Å². The van der Waals surface area contributed by atoms with Crippen molar-refractivity contribution < 1.29 is 14.3 Å². The number of nitrogens with zero attached hydrogens (tertiary/aromatic N) is 3. The van der Waals surface area contributed by atoms with Gasteiger partial charge in [-0.05, 0) is 20.3 Å². The van der Waals surface area contributed by atoms with E-state index in [2.05, 4.69) is 9.97 Å². The summed E-state index contributed by atoms with van der Waals surface area (Å²) in [4.78, 5) is 20.1. The van der Waals surface area contributed by atoms with Gasteiger partial charge in [-0.15, -0.1) is 0 Å². The van der Waals surface area contributed by atoms with Crippen molar-refractivity contribution in [1.82, 2.24) is 9.97 Å². The Labute approximate surface area is 106 Å². The Hall–Kier alpha value is -1.72. The zero-order valence-corrected chi connectivity index (χ0v) is 10.9. The molecule has 1 N–H and O–H groups in total. The molecule has 0 saturated carbocycles. The number of halogens is 1. The maximum Gasteiger partial charge on any atom is 0.305 e. The molecule has 18 heavy (non-hydrogen) atoms. The summed E-state index contributed by atoms with van der Waals surface area (Å²) < 4.78 is 14.1. The van der Waals surface area contributed by atoms with Gasteiger partial charge < -0.3 is 10.0 Å². The average molecular weight is 255 g/mol. The second kappa shape index (κ2) is 6.28. The average Bonchev–Trinajstić information content (AvgIpc) is 2.30. The highest BCUT2D eigenvalue weighted by molar-refractivity contribution is 5.67. The molecule has 0 saturated heterocycles. The number of anilines is 1. The van der Waals surface area contributed by atoms with Crippen molar-refractivity contribution in [3.05, 3.63) is 17.8 Å². The van der Waals surface area contributed by atoms with Crippen LogP contribution in [-0.4, -0.2) is 33.6 Å². The summed E-state index contributed by atoms with van der Waals surface area (Å²) in [6.45, 7) is 5.78. The summed E-state index contributed by atoms with van der Waals surface area (Å²) >= 11 is 0. The lowest BCUT2D eigenvalue weighted by Crippen LogP contribution is -2.34. The molecule has 100 valence electrons. The number of carboxylic acids is 1. The van der Waals surface area contributed by atoms with Gasteiger partial charge in [-0.25, -0.2) is 14.4 Å². The molecule has 0 aromatic carbocycles. The van der Waals surface area contributed by atoms with Crippen LogP contribution in [-0.2, 0) is 11.2 Å². The Balaban J connectivity index is 3.02. The molecule has 1 aromatic rings. The second-order valence-corrected chi connectivity index (χ2v) is 4.24.